The molecular formula is C8H16O2S. The molecule has 0 aliphatic carbocycles. The molecule has 0 amide bonds. The lowest BCUT2D eigenvalue weighted by Crippen LogP contribution is -2.16. The van der Waals surface area contributed by atoms with E-state index in [2.05, 4.69) is 6.92 Å². The first kappa shape index (κ1) is 10.8. The van der Waals surface area contributed by atoms with Crippen LogP contribution in [0.1, 0.15) is 33.1 Å². The van der Waals surface area contributed by atoms with Crippen molar-refractivity contribution in [3.8, 4) is 0 Å². The van der Waals surface area contributed by atoms with E-state index in [0.717, 1.165) is 25.0 Å². The van der Waals surface area contributed by atoms with Crippen molar-refractivity contribution >= 4 is 17.7 Å². The molecule has 0 saturated carbocycles. The molecule has 1 unspecified atom stereocenters. The number of thioether (sulfide) groups is 1. The largest absolute Gasteiger partial charge is 0.480 e. The number of carbonyl (C=O) groups is 1. The molecule has 0 aromatic rings. The Morgan fingerprint density at radius 2 is 2.18 bits per heavy atom. The number of carboxylic acids is 1. The second-order valence-corrected chi connectivity index (χ2v) is 3.90. The van der Waals surface area contributed by atoms with E-state index in [1.807, 2.05) is 6.92 Å². The first-order valence-electron chi connectivity index (χ1n) is 4.06. The number of unbranched alkanes of at least 4 members (excludes halogenated alkanes) is 1. The van der Waals surface area contributed by atoms with Crippen molar-refractivity contribution in [1.82, 2.24) is 0 Å². The predicted molar refractivity (Wildman–Crippen MR) is 49.1 cm³/mol. The third-order valence-electron chi connectivity index (χ3n) is 1.46. The van der Waals surface area contributed by atoms with E-state index >= 15 is 0 Å². The fourth-order valence-corrected chi connectivity index (χ4v) is 1.75. The van der Waals surface area contributed by atoms with E-state index in [1.165, 1.54) is 11.8 Å². The monoisotopic (exact) mass is 176 g/mol. The molecule has 0 aromatic heterocycles. The minimum atomic E-state index is -0.662. The molecule has 0 spiro atoms. The summed E-state index contributed by atoms with van der Waals surface area (Å²) in [5.41, 5.74) is 0. The molecule has 0 saturated heterocycles. The highest BCUT2D eigenvalue weighted by Gasteiger charge is 2.15. The average Bonchev–Trinajstić information content (AvgIpc) is 1.97. The van der Waals surface area contributed by atoms with Gasteiger partial charge in [0.05, 0.1) is 0 Å². The Labute approximate surface area is 72.4 Å². The van der Waals surface area contributed by atoms with Crippen molar-refractivity contribution in [3.05, 3.63) is 0 Å². The maximum atomic E-state index is 10.6. The molecule has 11 heavy (non-hydrogen) atoms. The lowest BCUT2D eigenvalue weighted by atomic mass is 10.2. The normalized spacial score (nSPS) is 12.9. The molecule has 3 heteroatoms. The van der Waals surface area contributed by atoms with Gasteiger partial charge in [-0.2, -0.15) is 0 Å². The molecule has 1 N–H and O–H groups in total. The highest BCUT2D eigenvalue weighted by Crippen LogP contribution is 2.16. The van der Waals surface area contributed by atoms with Gasteiger partial charge in [-0.05, 0) is 12.2 Å². The zero-order valence-corrected chi connectivity index (χ0v) is 7.99. The van der Waals surface area contributed by atoms with Gasteiger partial charge in [0.1, 0.15) is 5.25 Å². The van der Waals surface area contributed by atoms with Crippen molar-refractivity contribution in [2.24, 2.45) is 0 Å². The lowest BCUT2D eigenvalue weighted by molar-refractivity contribution is -0.136. The van der Waals surface area contributed by atoms with E-state index in [1.54, 1.807) is 0 Å². The van der Waals surface area contributed by atoms with Gasteiger partial charge in [-0.25, -0.2) is 0 Å². The molecule has 1 atom stereocenters. The van der Waals surface area contributed by atoms with Crippen LogP contribution < -0.4 is 0 Å². The van der Waals surface area contributed by atoms with E-state index in [-0.39, 0.29) is 5.25 Å². The highest BCUT2D eigenvalue weighted by molar-refractivity contribution is 8.00. The van der Waals surface area contributed by atoms with Crippen LogP contribution in [-0.2, 0) is 4.79 Å². The predicted octanol–water partition coefficient (Wildman–Crippen LogP) is 2.38. The Morgan fingerprint density at radius 1 is 1.55 bits per heavy atom. The summed E-state index contributed by atoms with van der Waals surface area (Å²) in [6, 6.07) is 0. The van der Waals surface area contributed by atoms with Gasteiger partial charge in [0, 0.05) is 0 Å². The van der Waals surface area contributed by atoms with Crippen LogP contribution in [0.5, 0.6) is 0 Å². The van der Waals surface area contributed by atoms with Crippen LogP contribution in [0.15, 0.2) is 0 Å². The molecule has 0 heterocycles. The summed E-state index contributed by atoms with van der Waals surface area (Å²) in [5, 5.41) is 8.53. The molecule has 2 nitrogen and oxygen atoms in total. The molecule has 0 radical (unpaired) electrons. The van der Waals surface area contributed by atoms with Gasteiger partial charge in [0.15, 0.2) is 0 Å². The number of hydrogen-bond donors (Lipinski definition) is 1. The van der Waals surface area contributed by atoms with E-state index in [0.29, 0.717) is 0 Å². The van der Waals surface area contributed by atoms with E-state index in [4.69, 9.17) is 5.11 Å². The second-order valence-electron chi connectivity index (χ2n) is 2.42. The molecule has 66 valence electrons. The third kappa shape index (κ3) is 5.13. The number of aliphatic carboxylic acids is 1. The summed E-state index contributed by atoms with van der Waals surface area (Å²) < 4.78 is 0. The van der Waals surface area contributed by atoms with Crippen molar-refractivity contribution in [1.29, 1.82) is 0 Å². The second kappa shape index (κ2) is 6.53. The first-order valence-corrected chi connectivity index (χ1v) is 5.11. The molecule has 0 aromatic carbocycles. The third-order valence-corrected chi connectivity index (χ3v) is 2.64. The zero-order chi connectivity index (χ0) is 8.69. The van der Waals surface area contributed by atoms with Crippen LogP contribution >= 0.6 is 11.8 Å². The Bertz CT molecular complexity index is 115. The van der Waals surface area contributed by atoms with Gasteiger partial charge in [-0.15, -0.1) is 11.8 Å². The first-order chi connectivity index (χ1) is 5.22. The van der Waals surface area contributed by atoms with Gasteiger partial charge in [-0.1, -0.05) is 26.7 Å². The van der Waals surface area contributed by atoms with Crippen molar-refractivity contribution < 1.29 is 9.90 Å². The van der Waals surface area contributed by atoms with E-state index in [9.17, 15) is 4.79 Å². The van der Waals surface area contributed by atoms with E-state index < -0.39 is 5.97 Å². The topological polar surface area (TPSA) is 37.3 Å². The molecule has 0 aliphatic rings. The fourth-order valence-electron chi connectivity index (χ4n) is 0.869. The quantitative estimate of drug-likeness (QED) is 0.675. The fraction of sp³-hybridized carbons (Fsp3) is 0.875. The number of hydrogen-bond acceptors (Lipinski definition) is 2. The number of rotatable bonds is 6. The van der Waals surface area contributed by atoms with Gasteiger partial charge in [0.2, 0.25) is 0 Å². The lowest BCUT2D eigenvalue weighted by Gasteiger charge is -2.08. The molecule has 0 fully saturated rings. The summed E-state index contributed by atoms with van der Waals surface area (Å²) >= 11 is 1.52. The summed E-state index contributed by atoms with van der Waals surface area (Å²) in [6.07, 6.45) is 2.91. The van der Waals surface area contributed by atoms with Gasteiger partial charge >= 0.3 is 5.97 Å². The summed E-state index contributed by atoms with van der Waals surface area (Å²) in [5.74, 6) is 0.228. The smallest absolute Gasteiger partial charge is 0.316 e. The molecule has 0 rings (SSSR count). The Hall–Kier alpha value is -0.180. The van der Waals surface area contributed by atoms with Crippen molar-refractivity contribution in [2.75, 3.05) is 5.75 Å². The summed E-state index contributed by atoms with van der Waals surface area (Å²) in [4.78, 5) is 10.6. The molecular weight excluding hydrogens is 160 g/mol. The van der Waals surface area contributed by atoms with Crippen LogP contribution in [0.2, 0.25) is 0 Å². The summed E-state index contributed by atoms with van der Waals surface area (Å²) in [7, 11) is 0. The van der Waals surface area contributed by atoms with Crippen LogP contribution in [0.4, 0.5) is 0 Å². The molecule has 0 bridgehead atoms. The minimum absolute atomic E-state index is 0.181. The van der Waals surface area contributed by atoms with Crippen LogP contribution in [-0.4, -0.2) is 22.1 Å². The minimum Gasteiger partial charge on any atom is -0.480 e. The van der Waals surface area contributed by atoms with Gasteiger partial charge in [0.25, 0.3) is 0 Å². The van der Waals surface area contributed by atoms with Crippen LogP contribution in [0, 0.1) is 0 Å². The Morgan fingerprint density at radius 3 is 2.55 bits per heavy atom. The van der Waals surface area contributed by atoms with Gasteiger partial charge < -0.3 is 5.11 Å². The van der Waals surface area contributed by atoms with Crippen LogP contribution in [0.25, 0.3) is 0 Å². The maximum absolute atomic E-state index is 10.6. The highest BCUT2D eigenvalue weighted by atomic mass is 32.2. The number of carboxylic acid groups (broad SMARTS) is 1. The molecule has 0 aliphatic heterocycles. The van der Waals surface area contributed by atoms with Crippen LogP contribution in [0.3, 0.4) is 0 Å². The SMILES string of the molecule is CCCCC(SCC)C(=O)O. The Kier molecular flexibility index (Phi) is 6.42. The zero-order valence-electron chi connectivity index (χ0n) is 7.17. The average molecular weight is 176 g/mol. The Balaban J connectivity index is 3.60. The van der Waals surface area contributed by atoms with Crippen molar-refractivity contribution in [2.45, 2.75) is 38.4 Å². The standard InChI is InChI=1S/C8H16O2S/c1-3-5-6-7(8(9)10)11-4-2/h7H,3-6H2,1-2H3,(H,9,10). The maximum Gasteiger partial charge on any atom is 0.316 e. The summed E-state index contributed by atoms with van der Waals surface area (Å²) in [6.45, 7) is 4.07. The van der Waals surface area contributed by atoms with Crippen molar-refractivity contribution in [3.63, 3.8) is 0 Å². The van der Waals surface area contributed by atoms with Gasteiger partial charge in [-0.3, -0.25) is 4.79 Å².